The number of aryl methyl sites for hydroxylation is 2. The Hall–Kier alpha value is -1.28. The highest BCUT2D eigenvalue weighted by molar-refractivity contribution is 14.1. The summed E-state index contributed by atoms with van der Waals surface area (Å²) >= 11 is 15.0. The van der Waals surface area contributed by atoms with Crippen molar-refractivity contribution in [1.29, 1.82) is 0 Å². The summed E-state index contributed by atoms with van der Waals surface area (Å²) in [5, 5.41) is 0.739. The van der Waals surface area contributed by atoms with Gasteiger partial charge in [-0.15, -0.1) is 0 Å². The van der Waals surface area contributed by atoms with E-state index >= 15 is 0 Å². The molecule has 0 saturated carbocycles. The van der Waals surface area contributed by atoms with Crippen LogP contribution in [0.15, 0.2) is 33.3 Å². The van der Waals surface area contributed by atoms with Crippen molar-refractivity contribution in [2.75, 3.05) is 26.2 Å². The van der Waals surface area contributed by atoms with E-state index in [0.29, 0.717) is 25.4 Å². The molecule has 0 bridgehead atoms. The Kier molecular flexibility index (Phi) is 11.9. The van der Waals surface area contributed by atoms with E-state index in [1.165, 1.54) is 16.7 Å². The lowest BCUT2D eigenvalue weighted by atomic mass is 9.76. The maximum absolute atomic E-state index is 13.2. The van der Waals surface area contributed by atoms with Gasteiger partial charge in [0, 0.05) is 58.7 Å². The third-order valence-corrected chi connectivity index (χ3v) is 9.85. The Labute approximate surface area is 276 Å². The van der Waals surface area contributed by atoms with E-state index in [1.54, 1.807) is 4.90 Å². The number of hydrogen-bond donors (Lipinski definition) is 2. The van der Waals surface area contributed by atoms with Gasteiger partial charge in [-0.1, -0.05) is 27.5 Å². The Morgan fingerprint density at radius 3 is 2.22 bits per heavy atom. The second-order valence-electron chi connectivity index (χ2n) is 11.0. The molecule has 1 aliphatic carbocycles. The summed E-state index contributed by atoms with van der Waals surface area (Å²) in [6.45, 7) is 2.63. The third-order valence-electron chi connectivity index (χ3n) is 8.54. The van der Waals surface area contributed by atoms with Gasteiger partial charge < -0.3 is 19.0 Å². The Morgan fingerprint density at radius 2 is 1.56 bits per heavy atom. The first-order valence-corrected chi connectivity index (χ1v) is 16.8. The van der Waals surface area contributed by atoms with Gasteiger partial charge in [-0.2, -0.15) is 0 Å². The molecule has 0 unspecified atom stereocenters. The quantitative estimate of drug-likeness (QED) is 0.303. The van der Waals surface area contributed by atoms with Crippen LogP contribution < -0.4 is 5.73 Å². The molecule has 2 aromatic rings. The van der Waals surface area contributed by atoms with Gasteiger partial charge in [0.15, 0.2) is 0 Å². The zero-order chi connectivity index (χ0) is 29.7. The van der Waals surface area contributed by atoms with Gasteiger partial charge in [0.1, 0.15) is 29.4 Å². The van der Waals surface area contributed by atoms with Crippen LogP contribution >= 0.6 is 66.5 Å². The lowest BCUT2D eigenvalue weighted by molar-refractivity contribution is -0.136. The second-order valence-corrected chi connectivity index (χ2v) is 13.2. The van der Waals surface area contributed by atoms with E-state index in [-0.39, 0.29) is 30.1 Å². The standard InChI is InChI=1S/C29H33Br2ClN4O3.HIO/c30-21-12-20-2-1-19-13-22(32)14-23(31)27(19)28(29(20)34-16-21)18-5-9-36(10-6-18)25(38)11-17-3-7-35(8-4-17)26(39)15-24(33)37;1-2/h12-14,16-18,28H,1-11,15H2,(H2,33,37);2H/t28-;/m1./s1. The predicted molar refractivity (Wildman–Crippen MR) is 174 cm³/mol. The number of halogens is 4. The molecule has 1 atom stereocenters. The van der Waals surface area contributed by atoms with E-state index in [2.05, 4.69) is 44.0 Å². The number of pyridine rings is 1. The maximum Gasteiger partial charge on any atom is 0.231 e. The molecule has 2 saturated heterocycles. The van der Waals surface area contributed by atoms with Crippen LogP contribution in [-0.2, 0) is 27.2 Å². The van der Waals surface area contributed by atoms with Crippen molar-refractivity contribution in [1.82, 2.24) is 14.8 Å². The molecular weight excluding hydrogens is 791 g/mol. The molecule has 1 aromatic heterocycles. The number of piperidine rings is 2. The first kappa shape index (κ1) is 32.6. The van der Waals surface area contributed by atoms with Crippen LogP contribution in [0, 0.1) is 11.8 Å². The Morgan fingerprint density at radius 1 is 0.951 bits per heavy atom. The summed E-state index contributed by atoms with van der Waals surface area (Å²) in [4.78, 5) is 45.0. The van der Waals surface area contributed by atoms with Gasteiger partial charge in [-0.25, -0.2) is 0 Å². The van der Waals surface area contributed by atoms with Crippen molar-refractivity contribution in [3.05, 3.63) is 60.7 Å². The number of nitrogens with zero attached hydrogens (tertiary/aromatic N) is 3. The Bertz CT molecular complexity index is 1280. The van der Waals surface area contributed by atoms with Crippen LogP contribution in [0.5, 0.6) is 0 Å². The first-order chi connectivity index (χ1) is 19.7. The van der Waals surface area contributed by atoms with Crippen molar-refractivity contribution in [3.63, 3.8) is 0 Å². The molecule has 3 amide bonds. The number of fused-ring (bicyclic) bond motifs is 2. The fraction of sp³-hybridized carbons (Fsp3) is 0.517. The lowest BCUT2D eigenvalue weighted by Gasteiger charge is -2.38. The minimum absolute atomic E-state index is 0.150. The number of nitrogens with two attached hydrogens (primary N) is 1. The number of rotatable bonds is 5. The van der Waals surface area contributed by atoms with E-state index < -0.39 is 5.91 Å². The first-order valence-electron chi connectivity index (χ1n) is 13.8. The van der Waals surface area contributed by atoms with Crippen molar-refractivity contribution in [3.8, 4) is 0 Å². The largest absolute Gasteiger partial charge is 0.369 e. The summed E-state index contributed by atoms with van der Waals surface area (Å²) in [6.07, 6.45) is 7.39. The number of amides is 3. The van der Waals surface area contributed by atoms with Crippen molar-refractivity contribution >= 4 is 84.2 Å². The monoisotopic (exact) mass is 822 g/mol. The molecule has 2 fully saturated rings. The summed E-state index contributed by atoms with van der Waals surface area (Å²) < 4.78 is 9.00. The highest BCUT2D eigenvalue weighted by atomic mass is 127. The summed E-state index contributed by atoms with van der Waals surface area (Å²) in [6, 6.07) is 6.28. The SMILES string of the molecule is NC(=O)CC(=O)N1CCC(CC(=O)N2CCC([C@H]3c4ncc(Br)cc4CCc4cc(Cl)cc(Br)c43)CC2)CC1.OI. The number of carbonyl (C=O) groups is 3. The van der Waals surface area contributed by atoms with Gasteiger partial charge in [-0.05, 0) is 101 Å². The molecule has 0 radical (unpaired) electrons. The summed E-state index contributed by atoms with van der Waals surface area (Å²) in [5.41, 5.74) is 10.1. The van der Waals surface area contributed by atoms with E-state index in [4.69, 9.17) is 25.8 Å². The fourth-order valence-electron chi connectivity index (χ4n) is 6.54. The number of carbonyl (C=O) groups excluding carboxylic acids is 3. The number of likely N-dealkylation sites (tertiary alicyclic amines) is 2. The molecule has 5 rings (SSSR count). The number of benzene rings is 1. The van der Waals surface area contributed by atoms with E-state index in [9.17, 15) is 14.4 Å². The van der Waals surface area contributed by atoms with E-state index in [0.717, 1.165) is 94.3 Å². The van der Waals surface area contributed by atoms with Gasteiger partial charge in [0.25, 0.3) is 0 Å². The zero-order valence-corrected chi connectivity index (χ0v) is 28.7. The topological polar surface area (TPSA) is 117 Å². The van der Waals surface area contributed by atoms with Crippen LogP contribution in [-0.4, -0.2) is 62.1 Å². The predicted octanol–water partition coefficient (Wildman–Crippen LogP) is 5.56. The van der Waals surface area contributed by atoms with Crippen molar-refractivity contribution in [2.24, 2.45) is 17.6 Å². The summed E-state index contributed by atoms with van der Waals surface area (Å²) in [5.74, 6) is 0.166. The molecule has 3 aliphatic rings. The zero-order valence-electron chi connectivity index (χ0n) is 22.6. The number of hydrogen-bond acceptors (Lipinski definition) is 5. The third kappa shape index (κ3) is 8.01. The van der Waals surface area contributed by atoms with Crippen LogP contribution in [0.3, 0.4) is 0 Å². The maximum atomic E-state index is 13.2. The van der Waals surface area contributed by atoms with Gasteiger partial charge in [0.05, 0.1) is 5.69 Å². The molecule has 41 heavy (non-hydrogen) atoms. The highest BCUT2D eigenvalue weighted by Crippen LogP contribution is 2.46. The average molecular weight is 825 g/mol. The smallest absolute Gasteiger partial charge is 0.231 e. The molecular formula is C29H34Br2ClIN4O4. The lowest BCUT2D eigenvalue weighted by Crippen LogP contribution is -2.43. The molecule has 2 aliphatic heterocycles. The van der Waals surface area contributed by atoms with Crippen molar-refractivity contribution in [2.45, 2.75) is 57.3 Å². The van der Waals surface area contributed by atoms with Gasteiger partial charge in [-0.3, -0.25) is 19.4 Å². The molecule has 0 spiro atoms. The second kappa shape index (κ2) is 14.9. The fourth-order valence-corrected chi connectivity index (χ4v) is 8.04. The van der Waals surface area contributed by atoms with E-state index in [1.807, 2.05) is 17.2 Å². The average Bonchev–Trinajstić information content (AvgIpc) is 3.11. The minimum Gasteiger partial charge on any atom is -0.369 e. The molecule has 8 nitrogen and oxygen atoms in total. The van der Waals surface area contributed by atoms with Gasteiger partial charge in [0.2, 0.25) is 17.7 Å². The van der Waals surface area contributed by atoms with Crippen molar-refractivity contribution < 1.29 is 17.8 Å². The molecule has 12 heteroatoms. The van der Waals surface area contributed by atoms with Crippen LogP contribution in [0.2, 0.25) is 5.02 Å². The van der Waals surface area contributed by atoms with Crippen LogP contribution in [0.4, 0.5) is 0 Å². The minimum atomic E-state index is -0.601. The Balaban J connectivity index is 0.00000189. The van der Waals surface area contributed by atoms with Gasteiger partial charge >= 0.3 is 0 Å². The summed E-state index contributed by atoms with van der Waals surface area (Å²) in [7, 11) is 0. The van der Waals surface area contributed by atoms with Crippen LogP contribution in [0.25, 0.3) is 0 Å². The number of primary amides is 1. The number of aromatic nitrogens is 1. The molecule has 3 N–H and O–H groups in total. The molecule has 1 aromatic carbocycles. The highest BCUT2D eigenvalue weighted by Gasteiger charge is 2.37. The normalized spacial score (nSPS) is 19.4. The molecule has 222 valence electrons. The van der Waals surface area contributed by atoms with Crippen LogP contribution in [0.1, 0.15) is 66.8 Å². The molecule has 3 heterocycles.